The summed E-state index contributed by atoms with van der Waals surface area (Å²) in [4.78, 5) is 14.0. The van der Waals surface area contributed by atoms with Gasteiger partial charge in [0.2, 0.25) is 0 Å². The molecule has 0 saturated carbocycles. The molecule has 2 atom stereocenters. The van der Waals surface area contributed by atoms with Gasteiger partial charge in [-0.15, -0.1) is 0 Å². The van der Waals surface area contributed by atoms with E-state index < -0.39 is 0 Å². The minimum absolute atomic E-state index is 0.173. The number of nitrogens with zero attached hydrogens (tertiary/aromatic N) is 1. The van der Waals surface area contributed by atoms with Crippen LogP contribution in [0.5, 0.6) is 0 Å². The van der Waals surface area contributed by atoms with Gasteiger partial charge in [-0.1, -0.05) is 6.08 Å². The number of carbonyl (C=O) groups is 1. The highest BCUT2D eigenvalue weighted by molar-refractivity contribution is 5.90. The van der Waals surface area contributed by atoms with Gasteiger partial charge in [0.1, 0.15) is 0 Å². The van der Waals surface area contributed by atoms with Crippen LogP contribution in [-0.2, 0) is 14.3 Å². The van der Waals surface area contributed by atoms with Gasteiger partial charge in [-0.05, 0) is 19.3 Å². The minimum Gasteiger partial charge on any atom is -0.466 e. The molecule has 0 spiro atoms. The number of esters is 1. The van der Waals surface area contributed by atoms with Crippen molar-refractivity contribution in [2.45, 2.75) is 31.3 Å². The molecule has 16 heavy (non-hydrogen) atoms. The number of hydrogen-bond donors (Lipinski definition) is 0. The van der Waals surface area contributed by atoms with Gasteiger partial charge < -0.3 is 9.47 Å². The van der Waals surface area contributed by atoms with E-state index in [1.54, 1.807) is 7.11 Å². The number of ether oxygens (including phenoxy) is 2. The number of hydrogen-bond acceptors (Lipinski definition) is 4. The summed E-state index contributed by atoms with van der Waals surface area (Å²) < 4.78 is 9.94. The molecule has 2 heterocycles. The molecule has 1 fully saturated rings. The predicted octanol–water partition coefficient (Wildman–Crippen LogP) is 0.969. The molecule has 0 N–H and O–H groups in total. The lowest BCUT2D eigenvalue weighted by Gasteiger charge is -2.33. The fraction of sp³-hybridized carbons (Fsp3) is 0.750. The highest BCUT2D eigenvalue weighted by Gasteiger charge is 2.40. The van der Waals surface area contributed by atoms with E-state index in [1.807, 2.05) is 0 Å². The minimum atomic E-state index is -0.173. The highest BCUT2D eigenvalue weighted by Crippen LogP contribution is 2.35. The summed E-state index contributed by atoms with van der Waals surface area (Å²) >= 11 is 0. The predicted molar refractivity (Wildman–Crippen MR) is 60.1 cm³/mol. The summed E-state index contributed by atoms with van der Waals surface area (Å²) in [6.45, 7) is 1.63. The van der Waals surface area contributed by atoms with Crippen molar-refractivity contribution in [1.82, 2.24) is 4.90 Å². The van der Waals surface area contributed by atoms with E-state index in [4.69, 9.17) is 9.47 Å². The molecule has 0 radical (unpaired) electrons. The fourth-order valence-electron chi connectivity index (χ4n) is 2.80. The van der Waals surface area contributed by atoms with Crippen molar-refractivity contribution < 1.29 is 14.3 Å². The van der Waals surface area contributed by atoms with E-state index >= 15 is 0 Å². The Kier molecular flexibility index (Phi) is 3.61. The molecule has 4 heteroatoms. The first-order valence-electron chi connectivity index (χ1n) is 5.81. The monoisotopic (exact) mass is 225 g/mol. The topological polar surface area (TPSA) is 38.8 Å². The Labute approximate surface area is 96.2 Å². The molecule has 2 unspecified atom stereocenters. The van der Waals surface area contributed by atoms with Crippen LogP contribution in [0, 0.1) is 0 Å². The summed E-state index contributed by atoms with van der Waals surface area (Å²) in [6, 6.07) is 0.843. The molecule has 0 aromatic rings. The third-order valence-electron chi connectivity index (χ3n) is 3.59. The Balaban J connectivity index is 2.08. The zero-order chi connectivity index (χ0) is 11.5. The molecular weight excluding hydrogens is 206 g/mol. The zero-order valence-electron chi connectivity index (χ0n) is 9.94. The molecule has 2 bridgehead atoms. The normalized spacial score (nSPS) is 29.0. The second kappa shape index (κ2) is 4.97. The van der Waals surface area contributed by atoms with Crippen molar-refractivity contribution in [2.24, 2.45) is 0 Å². The van der Waals surface area contributed by atoms with Gasteiger partial charge >= 0.3 is 5.97 Å². The first-order valence-corrected chi connectivity index (χ1v) is 5.81. The van der Waals surface area contributed by atoms with Gasteiger partial charge in [0.25, 0.3) is 0 Å². The smallest absolute Gasteiger partial charge is 0.335 e. The van der Waals surface area contributed by atoms with Crippen molar-refractivity contribution in [3.05, 3.63) is 11.6 Å². The third-order valence-corrected chi connectivity index (χ3v) is 3.59. The zero-order valence-corrected chi connectivity index (χ0v) is 9.94. The Bertz CT molecular complexity index is 301. The van der Waals surface area contributed by atoms with E-state index in [1.165, 1.54) is 13.5 Å². The second-order valence-electron chi connectivity index (χ2n) is 4.36. The second-order valence-corrected chi connectivity index (χ2v) is 4.36. The van der Waals surface area contributed by atoms with Crippen LogP contribution in [0.1, 0.15) is 19.3 Å². The van der Waals surface area contributed by atoms with Crippen molar-refractivity contribution in [3.63, 3.8) is 0 Å². The summed E-state index contributed by atoms with van der Waals surface area (Å²) in [5.74, 6) is -0.173. The highest BCUT2D eigenvalue weighted by atomic mass is 16.5. The van der Waals surface area contributed by atoms with Crippen LogP contribution in [0.25, 0.3) is 0 Å². The van der Waals surface area contributed by atoms with E-state index in [2.05, 4.69) is 11.0 Å². The summed E-state index contributed by atoms with van der Waals surface area (Å²) in [7, 11) is 3.16. The van der Waals surface area contributed by atoms with Gasteiger partial charge in [0.15, 0.2) is 0 Å². The molecule has 2 aliphatic rings. The summed E-state index contributed by atoms with van der Waals surface area (Å²) in [5, 5.41) is 0. The van der Waals surface area contributed by atoms with Crippen LogP contribution < -0.4 is 0 Å². The van der Waals surface area contributed by atoms with Crippen LogP contribution >= 0.6 is 0 Å². The van der Waals surface area contributed by atoms with Gasteiger partial charge in [-0.25, -0.2) is 4.79 Å². The Morgan fingerprint density at radius 1 is 1.50 bits per heavy atom. The van der Waals surface area contributed by atoms with E-state index in [0.717, 1.165) is 31.6 Å². The SMILES string of the molecule is COCCN1C2CC=C(C(=O)OC)C1CC2. The third kappa shape index (κ3) is 1.99. The number of fused-ring (bicyclic) bond motifs is 2. The number of methoxy groups -OCH3 is 2. The van der Waals surface area contributed by atoms with Crippen molar-refractivity contribution in [1.29, 1.82) is 0 Å². The molecule has 2 rings (SSSR count). The van der Waals surface area contributed by atoms with Crippen LogP contribution in [0.2, 0.25) is 0 Å². The van der Waals surface area contributed by atoms with Gasteiger partial charge in [-0.2, -0.15) is 0 Å². The lowest BCUT2D eigenvalue weighted by Crippen LogP contribution is -2.43. The van der Waals surface area contributed by atoms with Crippen molar-refractivity contribution in [3.8, 4) is 0 Å². The van der Waals surface area contributed by atoms with Crippen LogP contribution in [0.3, 0.4) is 0 Å². The summed E-state index contributed by atoms with van der Waals surface area (Å²) in [5.41, 5.74) is 0.840. The number of carbonyl (C=O) groups excluding carboxylic acids is 1. The molecule has 1 saturated heterocycles. The molecule has 4 nitrogen and oxygen atoms in total. The van der Waals surface area contributed by atoms with E-state index in [9.17, 15) is 4.79 Å². The molecule has 0 amide bonds. The van der Waals surface area contributed by atoms with E-state index in [-0.39, 0.29) is 12.0 Å². The van der Waals surface area contributed by atoms with Crippen LogP contribution in [0.4, 0.5) is 0 Å². The largest absolute Gasteiger partial charge is 0.466 e. The first-order chi connectivity index (χ1) is 7.77. The Morgan fingerprint density at radius 2 is 2.31 bits per heavy atom. The standard InChI is InChI=1S/C12H19NO3/c1-15-8-7-13-9-3-5-10(12(14)16-2)11(13)6-4-9/h5,9,11H,3-4,6-8H2,1-2H3. The summed E-state index contributed by atoms with van der Waals surface area (Å²) in [6.07, 6.45) is 5.25. The average molecular weight is 225 g/mol. The van der Waals surface area contributed by atoms with E-state index in [0.29, 0.717) is 6.04 Å². The van der Waals surface area contributed by atoms with Crippen LogP contribution in [0.15, 0.2) is 11.6 Å². The lowest BCUT2D eigenvalue weighted by atomic mass is 10.0. The molecular formula is C12H19NO3. The van der Waals surface area contributed by atoms with Gasteiger partial charge in [-0.3, -0.25) is 4.90 Å². The maximum Gasteiger partial charge on any atom is 0.335 e. The first kappa shape index (κ1) is 11.6. The quantitative estimate of drug-likeness (QED) is 0.668. The average Bonchev–Trinajstić information content (AvgIpc) is 2.57. The maximum absolute atomic E-state index is 11.6. The Hall–Kier alpha value is -0.870. The molecule has 0 aromatic heterocycles. The van der Waals surface area contributed by atoms with Crippen molar-refractivity contribution in [2.75, 3.05) is 27.4 Å². The van der Waals surface area contributed by atoms with Gasteiger partial charge in [0.05, 0.1) is 19.3 Å². The molecule has 2 aliphatic heterocycles. The molecule has 90 valence electrons. The lowest BCUT2D eigenvalue weighted by molar-refractivity contribution is -0.137. The Morgan fingerprint density at radius 3 is 3.00 bits per heavy atom. The van der Waals surface area contributed by atoms with Crippen LogP contribution in [-0.4, -0.2) is 50.3 Å². The maximum atomic E-state index is 11.6. The molecule has 0 aromatic carbocycles. The van der Waals surface area contributed by atoms with Gasteiger partial charge in [0, 0.05) is 25.7 Å². The molecule has 0 aliphatic carbocycles. The van der Waals surface area contributed by atoms with Crippen molar-refractivity contribution >= 4 is 5.97 Å². The number of rotatable bonds is 4. The fourth-order valence-corrected chi connectivity index (χ4v) is 2.80.